The molecular formula is C12H16F3NO. The highest BCUT2D eigenvalue weighted by molar-refractivity contribution is 5.31. The lowest BCUT2D eigenvalue weighted by atomic mass is 9.81. The highest BCUT2D eigenvalue weighted by Gasteiger charge is 2.40. The summed E-state index contributed by atoms with van der Waals surface area (Å²) in [5.74, 6) is -0.284. The number of alkyl halides is 3. The first-order valence-corrected chi connectivity index (χ1v) is 5.45. The minimum atomic E-state index is -4.48. The summed E-state index contributed by atoms with van der Waals surface area (Å²) < 4.78 is 38.4. The van der Waals surface area contributed by atoms with Crippen molar-refractivity contribution in [3.8, 4) is 0 Å². The van der Waals surface area contributed by atoms with E-state index in [0.717, 1.165) is 18.5 Å². The first kappa shape index (κ1) is 14.0. The van der Waals surface area contributed by atoms with Crippen molar-refractivity contribution in [2.75, 3.05) is 0 Å². The van der Waals surface area contributed by atoms with Gasteiger partial charge in [0.2, 0.25) is 0 Å². The van der Waals surface area contributed by atoms with E-state index in [1.807, 2.05) is 6.92 Å². The monoisotopic (exact) mass is 247 g/mol. The van der Waals surface area contributed by atoms with E-state index in [1.54, 1.807) is 6.92 Å². The number of rotatable bonds is 3. The van der Waals surface area contributed by atoms with Crippen LogP contribution in [0.15, 0.2) is 18.5 Å². The predicted octanol–water partition coefficient (Wildman–Crippen LogP) is 3.35. The molecule has 0 aliphatic heterocycles. The molecule has 0 aliphatic carbocycles. The first-order valence-electron chi connectivity index (χ1n) is 5.45. The molecule has 1 aromatic rings. The van der Waals surface area contributed by atoms with Gasteiger partial charge < -0.3 is 5.11 Å². The average molecular weight is 247 g/mol. The lowest BCUT2D eigenvalue weighted by Gasteiger charge is -2.32. The number of pyridine rings is 1. The van der Waals surface area contributed by atoms with Gasteiger partial charge in [0.25, 0.3) is 0 Å². The van der Waals surface area contributed by atoms with Gasteiger partial charge in [-0.05, 0) is 18.9 Å². The highest BCUT2D eigenvalue weighted by Crippen LogP contribution is 2.39. The molecule has 1 rings (SSSR count). The highest BCUT2D eigenvalue weighted by atomic mass is 19.4. The smallest absolute Gasteiger partial charge is 0.385 e. The van der Waals surface area contributed by atoms with Crippen LogP contribution < -0.4 is 0 Å². The molecule has 0 spiro atoms. The summed E-state index contributed by atoms with van der Waals surface area (Å²) in [7, 11) is 0. The van der Waals surface area contributed by atoms with Crippen LogP contribution in [-0.2, 0) is 11.8 Å². The fourth-order valence-electron chi connectivity index (χ4n) is 1.71. The van der Waals surface area contributed by atoms with Crippen LogP contribution in [0.5, 0.6) is 0 Å². The maximum absolute atomic E-state index is 12.8. The summed E-state index contributed by atoms with van der Waals surface area (Å²) in [5, 5.41) is 10.3. The molecule has 2 unspecified atom stereocenters. The fourth-order valence-corrected chi connectivity index (χ4v) is 1.71. The van der Waals surface area contributed by atoms with E-state index in [0.29, 0.717) is 6.42 Å². The van der Waals surface area contributed by atoms with Gasteiger partial charge in [-0.25, -0.2) is 0 Å². The van der Waals surface area contributed by atoms with Crippen LogP contribution in [0.1, 0.15) is 38.3 Å². The van der Waals surface area contributed by atoms with Crippen molar-refractivity contribution in [2.45, 2.75) is 39.0 Å². The van der Waals surface area contributed by atoms with Crippen molar-refractivity contribution < 1.29 is 18.3 Å². The molecule has 0 saturated carbocycles. The maximum atomic E-state index is 12.8. The Balaban J connectivity index is 3.32. The molecule has 1 aromatic heterocycles. The second-order valence-corrected chi connectivity index (χ2v) is 4.38. The zero-order valence-corrected chi connectivity index (χ0v) is 10.0. The Kier molecular flexibility index (Phi) is 3.81. The standard InChI is InChI=1S/C12H16F3NO/c1-4-8(2)11(3,17)10-7-16-6-5-9(10)12(13,14)15/h5-8,17H,4H2,1-3H3. The molecule has 96 valence electrons. The molecule has 0 aromatic carbocycles. The Morgan fingerprint density at radius 2 is 1.94 bits per heavy atom. The number of halogens is 3. The number of hydrogen-bond acceptors (Lipinski definition) is 2. The summed E-state index contributed by atoms with van der Waals surface area (Å²) in [4.78, 5) is 3.68. The lowest BCUT2D eigenvalue weighted by molar-refractivity contribution is -0.141. The minimum Gasteiger partial charge on any atom is -0.385 e. The summed E-state index contributed by atoms with van der Waals surface area (Å²) >= 11 is 0. The Hall–Kier alpha value is -1.10. The van der Waals surface area contributed by atoms with Crippen molar-refractivity contribution in [1.29, 1.82) is 0 Å². The van der Waals surface area contributed by atoms with Gasteiger partial charge in [0.05, 0.1) is 11.2 Å². The quantitative estimate of drug-likeness (QED) is 0.888. The number of nitrogens with zero attached hydrogens (tertiary/aromatic N) is 1. The minimum absolute atomic E-state index is 0.165. The van der Waals surface area contributed by atoms with Gasteiger partial charge in [0.1, 0.15) is 0 Å². The van der Waals surface area contributed by atoms with E-state index in [9.17, 15) is 18.3 Å². The Morgan fingerprint density at radius 3 is 2.41 bits per heavy atom. The van der Waals surface area contributed by atoms with Gasteiger partial charge in [0.15, 0.2) is 0 Å². The van der Waals surface area contributed by atoms with Gasteiger partial charge in [-0.3, -0.25) is 4.98 Å². The third-order valence-corrected chi connectivity index (χ3v) is 3.24. The maximum Gasteiger partial charge on any atom is 0.416 e. The SMILES string of the molecule is CCC(C)C(C)(O)c1cnccc1C(F)(F)F. The molecule has 0 aliphatic rings. The molecule has 5 heteroatoms. The third-order valence-electron chi connectivity index (χ3n) is 3.24. The van der Waals surface area contributed by atoms with Crippen LogP contribution in [-0.4, -0.2) is 10.1 Å². The Morgan fingerprint density at radius 1 is 1.35 bits per heavy atom. The van der Waals surface area contributed by atoms with E-state index < -0.39 is 17.3 Å². The molecule has 0 radical (unpaired) electrons. The van der Waals surface area contributed by atoms with Gasteiger partial charge in [-0.15, -0.1) is 0 Å². The van der Waals surface area contributed by atoms with Crippen molar-refractivity contribution in [3.63, 3.8) is 0 Å². The van der Waals surface area contributed by atoms with E-state index in [-0.39, 0.29) is 11.5 Å². The predicted molar refractivity (Wildman–Crippen MR) is 58.3 cm³/mol. The van der Waals surface area contributed by atoms with Gasteiger partial charge in [-0.2, -0.15) is 13.2 Å². The zero-order chi connectivity index (χ0) is 13.3. The number of aromatic nitrogens is 1. The van der Waals surface area contributed by atoms with Crippen molar-refractivity contribution in [2.24, 2.45) is 5.92 Å². The largest absolute Gasteiger partial charge is 0.416 e. The first-order chi connectivity index (χ1) is 7.71. The fraction of sp³-hybridized carbons (Fsp3) is 0.583. The topological polar surface area (TPSA) is 33.1 Å². The van der Waals surface area contributed by atoms with E-state index in [2.05, 4.69) is 4.98 Å². The normalized spacial score (nSPS) is 17.6. The van der Waals surface area contributed by atoms with Crippen LogP contribution in [0, 0.1) is 5.92 Å². The Bertz CT molecular complexity index is 388. The molecule has 0 amide bonds. The zero-order valence-electron chi connectivity index (χ0n) is 10.0. The molecule has 0 bridgehead atoms. The third kappa shape index (κ3) is 2.77. The lowest BCUT2D eigenvalue weighted by Crippen LogP contribution is -2.32. The van der Waals surface area contributed by atoms with Crippen LogP contribution in [0.2, 0.25) is 0 Å². The molecule has 2 atom stereocenters. The Labute approximate surface area is 98.5 Å². The van der Waals surface area contributed by atoms with Crippen molar-refractivity contribution in [1.82, 2.24) is 4.98 Å². The molecule has 0 saturated heterocycles. The summed E-state index contributed by atoms with van der Waals surface area (Å²) in [5.41, 5.74) is -2.52. The molecular weight excluding hydrogens is 231 g/mol. The van der Waals surface area contributed by atoms with Crippen molar-refractivity contribution >= 4 is 0 Å². The molecule has 17 heavy (non-hydrogen) atoms. The summed E-state index contributed by atoms with van der Waals surface area (Å²) in [6.07, 6.45) is -1.72. The van der Waals surface area contributed by atoms with E-state index in [4.69, 9.17) is 0 Å². The molecule has 0 fully saturated rings. The van der Waals surface area contributed by atoms with Crippen LogP contribution in [0.25, 0.3) is 0 Å². The molecule has 2 nitrogen and oxygen atoms in total. The van der Waals surface area contributed by atoms with Crippen LogP contribution in [0.4, 0.5) is 13.2 Å². The average Bonchev–Trinajstić information content (AvgIpc) is 2.26. The van der Waals surface area contributed by atoms with Gasteiger partial charge in [0, 0.05) is 18.0 Å². The molecule has 1 N–H and O–H groups in total. The summed E-state index contributed by atoms with van der Waals surface area (Å²) in [6, 6.07) is 0.895. The number of aliphatic hydroxyl groups is 1. The second-order valence-electron chi connectivity index (χ2n) is 4.38. The van der Waals surface area contributed by atoms with Crippen molar-refractivity contribution in [3.05, 3.63) is 29.6 Å². The molecule has 1 heterocycles. The number of hydrogen-bond donors (Lipinski definition) is 1. The second kappa shape index (κ2) is 4.64. The van der Waals surface area contributed by atoms with E-state index >= 15 is 0 Å². The van der Waals surface area contributed by atoms with Gasteiger partial charge in [-0.1, -0.05) is 20.3 Å². The van der Waals surface area contributed by atoms with E-state index in [1.165, 1.54) is 6.92 Å². The summed E-state index contributed by atoms with van der Waals surface area (Å²) in [6.45, 7) is 4.93. The van der Waals surface area contributed by atoms with Gasteiger partial charge >= 0.3 is 6.18 Å². The van der Waals surface area contributed by atoms with Crippen LogP contribution in [0.3, 0.4) is 0 Å². The van der Waals surface area contributed by atoms with Crippen LogP contribution >= 0.6 is 0 Å².